The average Bonchev–Trinajstić information content (AvgIpc) is 3.74. The van der Waals surface area contributed by atoms with Crippen molar-refractivity contribution in [2.24, 2.45) is 0 Å². The van der Waals surface area contributed by atoms with Gasteiger partial charge in [0, 0.05) is 38.6 Å². The molecule has 0 atom stereocenters. The van der Waals surface area contributed by atoms with Crippen molar-refractivity contribution in [1.29, 1.82) is 0 Å². The van der Waals surface area contributed by atoms with E-state index < -0.39 is 0 Å². The minimum absolute atomic E-state index is 0.106. The summed E-state index contributed by atoms with van der Waals surface area (Å²) in [6.45, 7) is 9.99. The summed E-state index contributed by atoms with van der Waals surface area (Å²) < 4.78 is 2.49. The van der Waals surface area contributed by atoms with Crippen LogP contribution in [-0.2, 0) is 5.41 Å². The minimum atomic E-state index is -0.106. The topological polar surface area (TPSA) is 8.17 Å². The molecular weight excluding hydrogens is 725 g/mol. The summed E-state index contributed by atoms with van der Waals surface area (Å²) in [5.41, 5.74) is 17.1. The van der Waals surface area contributed by atoms with E-state index in [1.807, 2.05) is 6.92 Å². The van der Waals surface area contributed by atoms with Crippen molar-refractivity contribution in [3.8, 4) is 39.1 Å². The maximum absolute atomic E-state index is 3.36. The number of hydrogen-bond acceptors (Lipinski definition) is 1. The molecule has 0 saturated carbocycles. The monoisotopic (exact) mass is 770 g/mol. The number of para-hydroxylation sites is 2. The van der Waals surface area contributed by atoms with Gasteiger partial charge < -0.3 is 9.47 Å². The number of fused-ring (bicyclic) bond motifs is 8. The summed E-state index contributed by atoms with van der Waals surface area (Å²) in [5, 5.41) is 5.01. The lowest BCUT2D eigenvalue weighted by Gasteiger charge is -2.27. The molecule has 11 rings (SSSR count). The Labute approximate surface area is 352 Å². The van der Waals surface area contributed by atoms with Gasteiger partial charge in [0.25, 0.3) is 0 Å². The van der Waals surface area contributed by atoms with Gasteiger partial charge in [-0.05, 0) is 111 Å². The molecule has 0 fully saturated rings. The first-order valence-corrected chi connectivity index (χ1v) is 20.8. The fourth-order valence-corrected chi connectivity index (χ4v) is 9.39. The molecule has 9 aromatic carbocycles. The Morgan fingerprint density at radius 1 is 0.450 bits per heavy atom. The number of rotatable bonds is 6. The SMILES string of the molecule is C=CC.CC1(C)c2ccccc2-c2cc3c4c5ccccc5c(N(c5ccccc5)c5ccc(-c6ccc(-c7ccccc7)cc6)cc5)cc4n(-c4ccccc4)c3cc21. The molecule has 288 valence electrons. The van der Waals surface area contributed by atoms with E-state index in [9.17, 15) is 0 Å². The zero-order valence-corrected chi connectivity index (χ0v) is 34.3. The van der Waals surface area contributed by atoms with Crippen LogP contribution < -0.4 is 4.90 Å². The summed E-state index contributed by atoms with van der Waals surface area (Å²) in [6.07, 6.45) is 1.75. The fourth-order valence-electron chi connectivity index (χ4n) is 9.39. The van der Waals surface area contributed by atoms with E-state index in [0.717, 1.165) is 22.7 Å². The molecule has 1 heterocycles. The summed E-state index contributed by atoms with van der Waals surface area (Å²) >= 11 is 0. The predicted molar refractivity (Wildman–Crippen MR) is 257 cm³/mol. The van der Waals surface area contributed by atoms with Gasteiger partial charge in [-0.3, -0.25) is 0 Å². The second-order valence-electron chi connectivity index (χ2n) is 16.2. The van der Waals surface area contributed by atoms with E-state index >= 15 is 0 Å². The Kier molecular flexibility index (Phi) is 9.26. The molecule has 0 bridgehead atoms. The lowest BCUT2D eigenvalue weighted by molar-refractivity contribution is 0.661. The molecule has 0 radical (unpaired) electrons. The molecule has 10 aromatic rings. The third-order valence-electron chi connectivity index (χ3n) is 12.2. The molecule has 0 amide bonds. The van der Waals surface area contributed by atoms with Crippen LogP contribution in [0, 0.1) is 0 Å². The second kappa shape index (κ2) is 15.1. The molecule has 60 heavy (non-hydrogen) atoms. The van der Waals surface area contributed by atoms with Gasteiger partial charge in [-0.25, -0.2) is 0 Å². The fraction of sp³-hybridized carbons (Fsp3) is 0.0690. The van der Waals surface area contributed by atoms with Gasteiger partial charge >= 0.3 is 0 Å². The van der Waals surface area contributed by atoms with Gasteiger partial charge in [0.05, 0.1) is 16.7 Å². The van der Waals surface area contributed by atoms with E-state index in [1.165, 1.54) is 77.1 Å². The smallest absolute Gasteiger partial charge is 0.0568 e. The highest BCUT2D eigenvalue weighted by Gasteiger charge is 2.36. The normalized spacial score (nSPS) is 12.4. The van der Waals surface area contributed by atoms with Crippen LogP contribution >= 0.6 is 0 Å². The number of allylic oxidation sites excluding steroid dienone is 1. The molecule has 0 aliphatic heterocycles. The third-order valence-corrected chi connectivity index (χ3v) is 12.2. The van der Waals surface area contributed by atoms with E-state index in [-0.39, 0.29) is 5.41 Å². The third kappa shape index (κ3) is 6.12. The van der Waals surface area contributed by atoms with Crippen LogP contribution in [0.5, 0.6) is 0 Å². The van der Waals surface area contributed by atoms with E-state index in [0.29, 0.717) is 0 Å². The highest BCUT2D eigenvalue weighted by atomic mass is 15.1. The first-order chi connectivity index (χ1) is 29.5. The maximum Gasteiger partial charge on any atom is 0.0568 e. The van der Waals surface area contributed by atoms with Crippen molar-refractivity contribution in [2.45, 2.75) is 26.2 Å². The van der Waals surface area contributed by atoms with E-state index in [4.69, 9.17) is 0 Å². The quantitative estimate of drug-likeness (QED) is 0.153. The minimum Gasteiger partial charge on any atom is -0.310 e. The average molecular weight is 771 g/mol. The first-order valence-electron chi connectivity index (χ1n) is 20.8. The summed E-state index contributed by atoms with van der Waals surface area (Å²) in [6, 6.07) is 75.5. The lowest BCUT2D eigenvalue weighted by atomic mass is 9.82. The van der Waals surface area contributed by atoms with Crippen LogP contribution in [0.15, 0.2) is 219 Å². The van der Waals surface area contributed by atoms with Crippen LogP contribution in [0.2, 0.25) is 0 Å². The van der Waals surface area contributed by atoms with Crippen LogP contribution in [0.1, 0.15) is 31.9 Å². The Bertz CT molecular complexity index is 3160. The zero-order chi connectivity index (χ0) is 40.8. The van der Waals surface area contributed by atoms with Gasteiger partial charge in [-0.15, -0.1) is 6.58 Å². The van der Waals surface area contributed by atoms with Gasteiger partial charge in [0.2, 0.25) is 0 Å². The maximum atomic E-state index is 3.36. The number of aromatic nitrogens is 1. The second-order valence-corrected chi connectivity index (χ2v) is 16.2. The Morgan fingerprint density at radius 3 is 1.60 bits per heavy atom. The number of anilines is 3. The molecule has 1 aliphatic carbocycles. The van der Waals surface area contributed by atoms with Crippen molar-refractivity contribution in [1.82, 2.24) is 4.57 Å². The standard InChI is InChI=1S/C55H40N2.C3H6/c1-55(2)49-25-15-14-22-44(49)47-34-48-51(35-50(47)55)57(42-20-10-5-11-21-42)53-36-52(45-23-12-13-24-46(45)54(48)53)56(41-18-8-4-9-19-41)43-32-30-40(31-33-43)39-28-26-38(27-29-39)37-16-6-3-7-17-37;1-3-2/h3-36H,1-2H3;3H,1H2,2H3. The van der Waals surface area contributed by atoms with Crippen LogP contribution in [-0.4, -0.2) is 4.57 Å². The number of benzene rings is 9. The molecule has 1 aliphatic rings. The zero-order valence-electron chi connectivity index (χ0n) is 34.3. The molecule has 0 spiro atoms. The predicted octanol–water partition coefficient (Wildman–Crippen LogP) is 16.2. The van der Waals surface area contributed by atoms with E-state index in [1.54, 1.807) is 6.08 Å². The Hall–Kier alpha value is -7.42. The van der Waals surface area contributed by atoms with Gasteiger partial charge in [0.1, 0.15) is 0 Å². The first kappa shape index (κ1) is 36.9. The van der Waals surface area contributed by atoms with Crippen molar-refractivity contribution in [3.63, 3.8) is 0 Å². The van der Waals surface area contributed by atoms with Crippen LogP contribution in [0.3, 0.4) is 0 Å². The highest BCUT2D eigenvalue weighted by molar-refractivity contribution is 6.25. The van der Waals surface area contributed by atoms with Crippen molar-refractivity contribution in [3.05, 3.63) is 230 Å². The van der Waals surface area contributed by atoms with Crippen molar-refractivity contribution >= 4 is 49.6 Å². The van der Waals surface area contributed by atoms with Gasteiger partial charge in [-0.2, -0.15) is 0 Å². The Balaban J connectivity index is 0.00000140. The molecule has 2 nitrogen and oxygen atoms in total. The number of nitrogens with zero attached hydrogens (tertiary/aromatic N) is 2. The van der Waals surface area contributed by atoms with Gasteiger partial charge in [0.15, 0.2) is 0 Å². The molecule has 1 aromatic heterocycles. The summed E-state index contributed by atoms with van der Waals surface area (Å²) in [4.78, 5) is 2.43. The molecule has 0 saturated heterocycles. The van der Waals surface area contributed by atoms with Crippen molar-refractivity contribution in [2.75, 3.05) is 4.90 Å². The summed E-state index contributed by atoms with van der Waals surface area (Å²) in [7, 11) is 0. The van der Waals surface area contributed by atoms with Gasteiger partial charge in [-0.1, -0.05) is 172 Å². The molecule has 0 unspecified atom stereocenters. The molecular formula is C58H46N2. The van der Waals surface area contributed by atoms with E-state index in [2.05, 4.69) is 236 Å². The summed E-state index contributed by atoms with van der Waals surface area (Å²) in [5.74, 6) is 0. The largest absolute Gasteiger partial charge is 0.310 e. The van der Waals surface area contributed by atoms with Crippen LogP contribution in [0.4, 0.5) is 17.1 Å². The Morgan fingerprint density at radius 2 is 0.950 bits per heavy atom. The molecule has 2 heteroatoms. The van der Waals surface area contributed by atoms with Crippen molar-refractivity contribution < 1.29 is 0 Å². The highest BCUT2D eigenvalue weighted by Crippen LogP contribution is 2.52. The lowest BCUT2D eigenvalue weighted by Crippen LogP contribution is -2.14. The van der Waals surface area contributed by atoms with Crippen LogP contribution in [0.25, 0.3) is 71.6 Å². The molecule has 0 N–H and O–H groups in total. The number of hydrogen-bond donors (Lipinski definition) is 0.